The van der Waals surface area contributed by atoms with Crippen molar-refractivity contribution < 1.29 is 18.4 Å². The molecule has 4 aromatic rings. The van der Waals surface area contributed by atoms with Crippen LogP contribution >= 0.6 is 0 Å². The molecule has 0 N–H and O–H groups in total. The van der Waals surface area contributed by atoms with Crippen LogP contribution in [0.3, 0.4) is 0 Å². The van der Waals surface area contributed by atoms with Crippen LogP contribution in [0, 0.1) is 11.7 Å². The zero-order valence-corrected chi connectivity index (χ0v) is 20.0. The standard InChI is InChI=1S/C29H31FN2O3/c1-33-26-9-5-6-10-27(26)34-20-22(17-21-7-3-2-4-8-21)19-32-15-13-23(14-16-32)29-25-12-11-24(30)18-28(25)35-31-29/h2-12,18,22-23H,13-17,19-20H2,1H3. The van der Waals surface area contributed by atoms with Gasteiger partial charge in [-0.1, -0.05) is 47.6 Å². The number of aromatic nitrogens is 1. The van der Waals surface area contributed by atoms with E-state index in [9.17, 15) is 4.39 Å². The van der Waals surface area contributed by atoms with Gasteiger partial charge in [-0.15, -0.1) is 0 Å². The molecule has 182 valence electrons. The lowest BCUT2D eigenvalue weighted by Crippen LogP contribution is -2.38. The second kappa shape index (κ2) is 10.9. The molecule has 1 unspecified atom stereocenters. The zero-order valence-electron chi connectivity index (χ0n) is 20.0. The lowest BCUT2D eigenvalue weighted by molar-refractivity contribution is 0.146. The second-order valence-corrected chi connectivity index (χ2v) is 9.30. The van der Waals surface area contributed by atoms with Crippen molar-refractivity contribution in [2.45, 2.75) is 25.2 Å². The van der Waals surface area contributed by atoms with Gasteiger partial charge in [0.2, 0.25) is 0 Å². The van der Waals surface area contributed by atoms with Gasteiger partial charge in [0.15, 0.2) is 17.1 Å². The van der Waals surface area contributed by atoms with E-state index in [1.165, 1.54) is 17.7 Å². The quantitative estimate of drug-likeness (QED) is 0.294. The molecule has 0 amide bonds. The van der Waals surface area contributed by atoms with Crippen molar-refractivity contribution >= 4 is 11.0 Å². The minimum absolute atomic E-state index is 0.296. The highest BCUT2D eigenvalue weighted by molar-refractivity contribution is 5.79. The van der Waals surface area contributed by atoms with E-state index in [1.807, 2.05) is 24.3 Å². The van der Waals surface area contributed by atoms with Gasteiger partial charge in [-0.2, -0.15) is 0 Å². The average molecular weight is 475 g/mol. The Kier molecular flexibility index (Phi) is 7.28. The monoisotopic (exact) mass is 474 g/mol. The average Bonchev–Trinajstić information content (AvgIpc) is 3.31. The number of para-hydroxylation sites is 2. The summed E-state index contributed by atoms with van der Waals surface area (Å²) in [4.78, 5) is 2.53. The topological polar surface area (TPSA) is 47.7 Å². The summed E-state index contributed by atoms with van der Waals surface area (Å²) < 4.78 is 30.6. The van der Waals surface area contributed by atoms with Crippen molar-refractivity contribution in [1.82, 2.24) is 10.1 Å². The molecule has 0 aliphatic carbocycles. The van der Waals surface area contributed by atoms with Gasteiger partial charge in [0.05, 0.1) is 19.4 Å². The molecule has 0 bridgehead atoms. The maximum Gasteiger partial charge on any atom is 0.170 e. The molecule has 5 nitrogen and oxygen atoms in total. The number of hydrogen-bond acceptors (Lipinski definition) is 5. The van der Waals surface area contributed by atoms with Crippen LogP contribution in [0.5, 0.6) is 11.5 Å². The van der Waals surface area contributed by atoms with Crippen molar-refractivity contribution in [2.75, 3.05) is 33.4 Å². The zero-order chi connectivity index (χ0) is 24.0. The van der Waals surface area contributed by atoms with Crippen LogP contribution in [-0.2, 0) is 6.42 Å². The first kappa shape index (κ1) is 23.4. The van der Waals surface area contributed by atoms with Gasteiger partial charge in [0.1, 0.15) is 5.82 Å². The summed E-state index contributed by atoms with van der Waals surface area (Å²) in [6.45, 7) is 3.55. The Morgan fingerprint density at radius 3 is 2.51 bits per heavy atom. The van der Waals surface area contributed by atoms with E-state index in [-0.39, 0.29) is 5.82 Å². The van der Waals surface area contributed by atoms with Crippen molar-refractivity contribution in [2.24, 2.45) is 5.92 Å². The van der Waals surface area contributed by atoms with Crippen LogP contribution in [0.4, 0.5) is 4.39 Å². The molecule has 0 saturated carbocycles. The number of rotatable bonds is 9. The lowest BCUT2D eigenvalue weighted by Gasteiger charge is -2.34. The number of piperidine rings is 1. The number of nitrogens with zero attached hydrogens (tertiary/aromatic N) is 2. The van der Waals surface area contributed by atoms with Gasteiger partial charge in [-0.3, -0.25) is 0 Å². The van der Waals surface area contributed by atoms with Crippen LogP contribution in [-0.4, -0.2) is 43.4 Å². The first-order valence-electron chi connectivity index (χ1n) is 12.3. The third-order valence-electron chi connectivity index (χ3n) is 6.86. The summed E-state index contributed by atoms with van der Waals surface area (Å²) >= 11 is 0. The normalized spacial score (nSPS) is 15.8. The number of hydrogen-bond donors (Lipinski definition) is 0. The fourth-order valence-electron chi connectivity index (χ4n) is 5.05. The molecule has 1 saturated heterocycles. The summed E-state index contributed by atoms with van der Waals surface area (Å²) in [7, 11) is 1.67. The Balaban J connectivity index is 1.23. The first-order chi connectivity index (χ1) is 17.2. The molecule has 0 radical (unpaired) electrons. The molecule has 1 fully saturated rings. The smallest absolute Gasteiger partial charge is 0.170 e. The van der Waals surface area contributed by atoms with Gasteiger partial charge in [-0.05, 0) is 62.2 Å². The molecule has 5 rings (SSSR count). The second-order valence-electron chi connectivity index (χ2n) is 9.30. The molecule has 2 heterocycles. The van der Waals surface area contributed by atoms with E-state index in [1.54, 1.807) is 13.2 Å². The number of likely N-dealkylation sites (tertiary alicyclic amines) is 1. The van der Waals surface area contributed by atoms with Crippen LogP contribution in [0.25, 0.3) is 11.0 Å². The number of fused-ring (bicyclic) bond motifs is 1. The third-order valence-corrected chi connectivity index (χ3v) is 6.86. The van der Waals surface area contributed by atoms with Crippen molar-refractivity contribution in [3.63, 3.8) is 0 Å². The van der Waals surface area contributed by atoms with Gasteiger partial charge < -0.3 is 18.9 Å². The summed E-state index contributed by atoms with van der Waals surface area (Å²) in [5, 5.41) is 5.22. The van der Waals surface area contributed by atoms with E-state index in [2.05, 4.69) is 40.4 Å². The van der Waals surface area contributed by atoms with E-state index in [0.717, 1.165) is 61.5 Å². The lowest BCUT2D eigenvalue weighted by atomic mass is 9.90. The van der Waals surface area contributed by atoms with E-state index in [0.29, 0.717) is 24.0 Å². The first-order valence-corrected chi connectivity index (χ1v) is 12.3. The fraction of sp³-hybridized carbons (Fsp3) is 0.345. The molecule has 1 aromatic heterocycles. The SMILES string of the molecule is COc1ccccc1OCC(Cc1ccccc1)CN1CCC(c2noc3cc(F)ccc23)CC1. The molecule has 3 aromatic carbocycles. The van der Waals surface area contributed by atoms with Crippen LogP contribution in [0.15, 0.2) is 77.3 Å². The van der Waals surface area contributed by atoms with Crippen molar-refractivity contribution in [3.05, 3.63) is 89.9 Å². The highest BCUT2D eigenvalue weighted by Gasteiger charge is 2.27. The molecule has 1 aliphatic rings. The van der Waals surface area contributed by atoms with Gasteiger partial charge >= 0.3 is 0 Å². The Labute approximate surface area is 205 Å². The minimum Gasteiger partial charge on any atom is -0.493 e. The van der Waals surface area contributed by atoms with Crippen LogP contribution < -0.4 is 9.47 Å². The summed E-state index contributed by atoms with van der Waals surface area (Å²) in [5.41, 5.74) is 2.80. The number of methoxy groups -OCH3 is 1. The highest BCUT2D eigenvalue weighted by Crippen LogP contribution is 2.33. The van der Waals surface area contributed by atoms with E-state index in [4.69, 9.17) is 14.0 Å². The Morgan fingerprint density at radius 2 is 1.74 bits per heavy atom. The highest BCUT2D eigenvalue weighted by atomic mass is 19.1. The maximum absolute atomic E-state index is 13.5. The molecular weight excluding hydrogens is 443 g/mol. The van der Waals surface area contributed by atoms with E-state index < -0.39 is 0 Å². The van der Waals surface area contributed by atoms with E-state index >= 15 is 0 Å². The third kappa shape index (κ3) is 5.65. The molecule has 1 aliphatic heterocycles. The summed E-state index contributed by atoms with van der Waals surface area (Å²) in [6, 6.07) is 23.1. The number of ether oxygens (including phenoxy) is 2. The Bertz CT molecular complexity index is 1240. The minimum atomic E-state index is -0.296. The van der Waals surface area contributed by atoms with Crippen molar-refractivity contribution in [3.8, 4) is 11.5 Å². The number of halogens is 1. The Morgan fingerprint density at radius 1 is 1.00 bits per heavy atom. The maximum atomic E-state index is 13.5. The molecule has 0 spiro atoms. The summed E-state index contributed by atoms with van der Waals surface area (Å²) in [5.74, 6) is 1.91. The molecule has 6 heteroatoms. The van der Waals surface area contributed by atoms with Gasteiger partial charge in [0, 0.05) is 29.8 Å². The van der Waals surface area contributed by atoms with Crippen LogP contribution in [0.2, 0.25) is 0 Å². The molecular formula is C29H31FN2O3. The van der Waals surface area contributed by atoms with Crippen molar-refractivity contribution in [1.29, 1.82) is 0 Å². The van der Waals surface area contributed by atoms with Crippen LogP contribution in [0.1, 0.15) is 30.0 Å². The predicted octanol–water partition coefficient (Wildman–Crippen LogP) is 6.09. The molecule has 1 atom stereocenters. The Hall–Kier alpha value is -3.38. The molecule has 35 heavy (non-hydrogen) atoms. The van der Waals surface area contributed by atoms with Gasteiger partial charge in [-0.25, -0.2) is 4.39 Å². The summed E-state index contributed by atoms with van der Waals surface area (Å²) in [6.07, 6.45) is 2.96. The predicted molar refractivity (Wildman–Crippen MR) is 135 cm³/mol. The fourth-order valence-corrected chi connectivity index (χ4v) is 5.05. The number of benzene rings is 3. The largest absolute Gasteiger partial charge is 0.493 e. The van der Waals surface area contributed by atoms with Gasteiger partial charge in [0.25, 0.3) is 0 Å².